The second-order valence-electron chi connectivity index (χ2n) is 5.76. The maximum Gasteiger partial charge on any atom is 0.171 e. The molecule has 0 aliphatic rings. The first-order valence-electron chi connectivity index (χ1n) is 8.57. The molecule has 5 heteroatoms. The Morgan fingerprint density at radius 3 is 2.44 bits per heavy atom. The number of aryl methyl sites for hydroxylation is 1. The molecule has 0 bridgehead atoms. The van der Waals surface area contributed by atoms with Gasteiger partial charge < -0.3 is 20.1 Å². The minimum absolute atomic E-state index is 0.0414. The van der Waals surface area contributed by atoms with Gasteiger partial charge in [0.1, 0.15) is 0 Å². The van der Waals surface area contributed by atoms with Gasteiger partial charge in [-0.3, -0.25) is 0 Å². The van der Waals surface area contributed by atoms with Gasteiger partial charge in [-0.15, -0.1) is 0 Å². The second kappa shape index (κ2) is 9.28. The van der Waals surface area contributed by atoms with E-state index in [1.807, 2.05) is 44.2 Å². The highest BCUT2D eigenvalue weighted by Crippen LogP contribution is 2.30. The summed E-state index contributed by atoms with van der Waals surface area (Å²) in [4.78, 5) is 0. The molecule has 2 aromatic rings. The van der Waals surface area contributed by atoms with Gasteiger partial charge in [-0.05, 0) is 75.3 Å². The molecule has 134 valence electrons. The van der Waals surface area contributed by atoms with Crippen molar-refractivity contribution in [1.29, 1.82) is 0 Å². The van der Waals surface area contributed by atoms with Gasteiger partial charge in [0.25, 0.3) is 0 Å². The smallest absolute Gasteiger partial charge is 0.171 e. The minimum Gasteiger partial charge on any atom is -0.490 e. The van der Waals surface area contributed by atoms with Gasteiger partial charge in [-0.25, -0.2) is 0 Å². The Bertz CT molecular complexity index is 719. The van der Waals surface area contributed by atoms with Gasteiger partial charge in [-0.2, -0.15) is 0 Å². The largest absolute Gasteiger partial charge is 0.490 e. The predicted molar refractivity (Wildman–Crippen MR) is 108 cm³/mol. The van der Waals surface area contributed by atoms with E-state index in [2.05, 4.69) is 36.6 Å². The molecule has 1 unspecified atom stereocenters. The molecule has 0 amide bonds. The Kier molecular flexibility index (Phi) is 7.07. The fourth-order valence-corrected chi connectivity index (χ4v) is 2.80. The van der Waals surface area contributed by atoms with Crippen LogP contribution < -0.4 is 20.1 Å². The van der Waals surface area contributed by atoms with E-state index < -0.39 is 0 Å². The van der Waals surface area contributed by atoms with Crippen molar-refractivity contribution in [2.24, 2.45) is 0 Å². The van der Waals surface area contributed by atoms with Crippen molar-refractivity contribution in [2.45, 2.75) is 33.7 Å². The van der Waals surface area contributed by atoms with Crippen LogP contribution in [0.4, 0.5) is 5.69 Å². The predicted octanol–water partition coefficient (Wildman–Crippen LogP) is 4.84. The summed E-state index contributed by atoms with van der Waals surface area (Å²) in [6.45, 7) is 9.25. The Morgan fingerprint density at radius 1 is 1.04 bits per heavy atom. The molecule has 25 heavy (non-hydrogen) atoms. The average Bonchev–Trinajstić information content (AvgIpc) is 2.56. The fraction of sp³-hybridized carbons (Fsp3) is 0.350. The third kappa shape index (κ3) is 5.64. The molecule has 0 aliphatic carbocycles. The minimum atomic E-state index is 0.0414. The van der Waals surface area contributed by atoms with Crippen molar-refractivity contribution in [1.82, 2.24) is 5.32 Å². The highest BCUT2D eigenvalue weighted by atomic mass is 32.1. The van der Waals surface area contributed by atoms with Crippen molar-refractivity contribution in [2.75, 3.05) is 18.5 Å². The number of rotatable bonds is 7. The summed E-state index contributed by atoms with van der Waals surface area (Å²) in [7, 11) is 0. The van der Waals surface area contributed by atoms with E-state index in [0.717, 1.165) is 22.7 Å². The molecule has 4 nitrogen and oxygen atoms in total. The highest BCUT2D eigenvalue weighted by Gasteiger charge is 2.12. The number of hydrogen-bond donors (Lipinski definition) is 2. The first kappa shape index (κ1) is 19.1. The summed E-state index contributed by atoms with van der Waals surface area (Å²) in [5.74, 6) is 1.52. The van der Waals surface area contributed by atoms with Crippen molar-refractivity contribution in [3.05, 3.63) is 53.6 Å². The molecular formula is C20H26N2O2S. The van der Waals surface area contributed by atoms with Crippen molar-refractivity contribution in [3.8, 4) is 11.5 Å². The van der Waals surface area contributed by atoms with Gasteiger partial charge >= 0.3 is 0 Å². The third-order valence-electron chi connectivity index (χ3n) is 3.69. The number of anilines is 1. The van der Waals surface area contributed by atoms with Crippen LogP contribution in [0.15, 0.2) is 42.5 Å². The van der Waals surface area contributed by atoms with Gasteiger partial charge in [0, 0.05) is 5.69 Å². The molecule has 1 atom stereocenters. The topological polar surface area (TPSA) is 42.5 Å². The molecule has 0 saturated heterocycles. The van der Waals surface area contributed by atoms with Crippen molar-refractivity contribution >= 4 is 23.0 Å². The van der Waals surface area contributed by atoms with Crippen LogP contribution in [0.1, 0.15) is 37.9 Å². The summed E-state index contributed by atoms with van der Waals surface area (Å²) in [5.41, 5.74) is 3.25. The molecule has 0 fully saturated rings. The van der Waals surface area contributed by atoms with E-state index >= 15 is 0 Å². The number of hydrogen-bond acceptors (Lipinski definition) is 3. The molecule has 0 aliphatic heterocycles. The number of benzene rings is 2. The van der Waals surface area contributed by atoms with Crippen molar-refractivity contribution < 1.29 is 9.47 Å². The lowest BCUT2D eigenvalue weighted by atomic mass is 10.1. The summed E-state index contributed by atoms with van der Waals surface area (Å²) in [5, 5.41) is 7.12. The van der Waals surface area contributed by atoms with Crippen LogP contribution in [-0.4, -0.2) is 18.3 Å². The van der Waals surface area contributed by atoms with E-state index in [1.54, 1.807) is 0 Å². The molecule has 2 N–H and O–H groups in total. The zero-order chi connectivity index (χ0) is 18.2. The quantitative estimate of drug-likeness (QED) is 0.693. The maximum absolute atomic E-state index is 5.69. The average molecular weight is 359 g/mol. The summed E-state index contributed by atoms with van der Waals surface area (Å²) < 4.78 is 11.3. The van der Waals surface area contributed by atoms with Crippen LogP contribution in [0.3, 0.4) is 0 Å². The van der Waals surface area contributed by atoms with Crippen LogP contribution in [0.2, 0.25) is 0 Å². The van der Waals surface area contributed by atoms with Crippen LogP contribution in [-0.2, 0) is 0 Å². The molecule has 0 radical (unpaired) electrons. The summed E-state index contributed by atoms with van der Waals surface area (Å²) >= 11 is 5.43. The van der Waals surface area contributed by atoms with Crippen LogP contribution in [0, 0.1) is 6.92 Å². The first-order chi connectivity index (χ1) is 12.0. The summed E-state index contributed by atoms with van der Waals surface area (Å²) in [6, 6.07) is 14.1. The van der Waals surface area contributed by atoms with Crippen LogP contribution in [0.25, 0.3) is 0 Å². The highest BCUT2D eigenvalue weighted by molar-refractivity contribution is 7.80. The molecule has 0 heterocycles. The lowest BCUT2D eigenvalue weighted by Crippen LogP contribution is -2.30. The molecule has 0 aromatic heterocycles. The zero-order valence-corrected chi connectivity index (χ0v) is 16.1. The van der Waals surface area contributed by atoms with E-state index in [-0.39, 0.29) is 6.04 Å². The SMILES string of the molecule is CCOc1ccc(C(C)NC(=S)Nc2cccc(C)c2)cc1OCC. The van der Waals surface area contributed by atoms with Gasteiger partial charge in [0.2, 0.25) is 0 Å². The third-order valence-corrected chi connectivity index (χ3v) is 3.91. The maximum atomic E-state index is 5.69. The molecule has 0 saturated carbocycles. The molecule has 2 rings (SSSR count). The van der Waals surface area contributed by atoms with E-state index in [1.165, 1.54) is 5.56 Å². The standard InChI is InChI=1S/C20H26N2O2S/c1-5-23-18-11-10-16(13-19(18)24-6-2)15(4)21-20(25)22-17-9-7-8-14(3)12-17/h7-13,15H,5-6H2,1-4H3,(H2,21,22,25). The molecule has 2 aromatic carbocycles. The van der Waals surface area contributed by atoms with Gasteiger partial charge in [0.05, 0.1) is 19.3 Å². The van der Waals surface area contributed by atoms with Crippen LogP contribution in [0.5, 0.6) is 11.5 Å². The van der Waals surface area contributed by atoms with Gasteiger partial charge in [-0.1, -0.05) is 18.2 Å². The Morgan fingerprint density at radius 2 is 1.76 bits per heavy atom. The van der Waals surface area contributed by atoms with Gasteiger partial charge in [0.15, 0.2) is 16.6 Å². The Hall–Kier alpha value is -2.27. The Labute approximate surface area is 155 Å². The normalized spacial score (nSPS) is 11.5. The number of thiocarbonyl (C=S) groups is 1. The second-order valence-corrected chi connectivity index (χ2v) is 6.17. The van der Waals surface area contributed by atoms with E-state index in [0.29, 0.717) is 18.3 Å². The molecule has 0 spiro atoms. The molecular weight excluding hydrogens is 332 g/mol. The number of nitrogens with one attached hydrogen (secondary N) is 2. The fourth-order valence-electron chi connectivity index (χ4n) is 2.51. The van der Waals surface area contributed by atoms with E-state index in [9.17, 15) is 0 Å². The van der Waals surface area contributed by atoms with E-state index in [4.69, 9.17) is 21.7 Å². The first-order valence-corrected chi connectivity index (χ1v) is 8.98. The lowest BCUT2D eigenvalue weighted by Gasteiger charge is -2.19. The lowest BCUT2D eigenvalue weighted by molar-refractivity contribution is 0.287. The monoisotopic (exact) mass is 358 g/mol. The number of ether oxygens (including phenoxy) is 2. The Balaban J connectivity index is 2.05. The van der Waals surface area contributed by atoms with Crippen LogP contribution >= 0.6 is 12.2 Å². The van der Waals surface area contributed by atoms with Crippen molar-refractivity contribution in [3.63, 3.8) is 0 Å². The zero-order valence-electron chi connectivity index (χ0n) is 15.3. The summed E-state index contributed by atoms with van der Waals surface area (Å²) in [6.07, 6.45) is 0.